The highest BCUT2D eigenvalue weighted by atomic mass is 16.5. The van der Waals surface area contributed by atoms with Crippen LogP contribution in [0.15, 0.2) is 64.8 Å². The average molecular weight is 417 g/mol. The third-order valence-electron chi connectivity index (χ3n) is 5.70. The number of nitrogens with zero attached hydrogens (tertiary/aromatic N) is 1. The van der Waals surface area contributed by atoms with Gasteiger partial charge in [0.25, 0.3) is 11.7 Å². The number of hydrogen-bond donors (Lipinski definition) is 1. The molecule has 4 rings (SSSR count). The zero-order valence-corrected chi connectivity index (χ0v) is 17.8. The number of methoxy groups -OCH3 is 1. The molecular formula is C25H23NO5. The van der Waals surface area contributed by atoms with Crippen molar-refractivity contribution in [2.45, 2.75) is 26.8 Å². The van der Waals surface area contributed by atoms with Crippen molar-refractivity contribution in [1.29, 1.82) is 0 Å². The maximum absolute atomic E-state index is 13.2. The van der Waals surface area contributed by atoms with Crippen LogP contribution in [0.5, 0.6) is 5.75 Å². The van der Waals surface area contributed by atoms with Gasteiger partial charge in [-0.05, 0) is 62.2 Å². The van der Waals surface area contributed by atoms with E-state index in [4.69, 9.17) is 9.15 Å². The lowest BCUT2D eigenvalue weighted by Gasteiger charge is -2.25. The van der Waals surface area contributed by atoms with Crippen LogP contribution in [0.2, 0.25) is 0 Å². The summed E-state index contributed by atoms with van der Waals surface area (Å²) in [5.41, 5.74) is 3.63. The van der Waals surface area contributed by atoms with Gasteiger partial charge in [0.05, 0.1) is 24.5 Å². The topological polar surface area (TPSA) is 80.0 Å². The first-order chi connectivity index (χ1) is 14.8. The number of amides is 1. The van der Waals surface area contributed by atoms with Gasteiger partial charge in [0.2, 0.25) is 0 Å². The lowest BCUT2D eigenvalue weighted by atomic mass is 9.97. The minimum Gasteiger partial charge on any atom is -0.507 e. The predicted molar refractivity (Wildman–Crippen MR) is 117 cm³/mol. The molecule has 31 heavy (non-hydrogen) atoms. The molecule has 2 aromatic carbocycles. The summed E-state index contributed by atoms with van der Waals surface area (Å²) in [5, 5.41) is 11.3. The van der Waals surface area contributed by atoms with Gasteiger partial charge in [-0.3, -0.25) is 14.5 Å². The van der Waals surface area contributed by atoms with E-state index in [2.05, 4.69) is 0 Å². The highest BCUT2D eigenvalue weighted by molar-refractivity contribution is 6.51. The number of aliphatic hydroxyl groups is 1. The van der Waals surface area contributed by atoms with Gasteiger partial charge in [-0.25, -0.2) is 0 Å². The van der Waals surface area contributed by atoms with Gasteiger partial charge >= 0.3 is 0 Å². The molecule has 158 valence electrons. The molecule has 3 aromatic rings. The summed E-state index contributed by atoms with van der Waals surface area (Å²) in [6, 6.07) is 13.3. The number of Topliss-reactive ketones (excluding diaryl/α,β-unsaturated/α-hetero) is 1. The number of carbonyl (C=O) groups is 2. The highest BCUT2D eigenvalue weighted by Gasteiger charge is 2.49. The number of aliphatic hydroxyl groups excluding tert-OH is 1. The van der Waals surface area contributed by atoms with Crippen molar-refractivity contribution < 1.29 is 23.8 Å². The van der Waals surface area contributed by atoms with Gasteiger partial charge in [-0.15, -0.1) is 0 Å². The maximum atomic E-state index is 13.2. The Hall–Kier alpha value is -3.80. The molecule has 2 heterocycles. The quantitative estimate of drug-likeness (QED) is 0.373. The van der Waals surface area contributed by atoms with Gasteiger partial charge in [0.1, 0.15) is 23.3 Å². The lowest BCUT2D eigenvalue weighted by molar-refractivity contribution is -0.132. The number of rotatable bonds is 4. The highest BCUT2D eigenvalue weighted by Crippen LogP contribution is 2.44. The number of benzene rings is 2. The first kappa shape index (κ1) is 20.5. The van der Waals surface area contributed by atoms with Crippen LogP contribution in [0.25, 0.3) is 5.76 Å². The predicted octanol–water partition coefficient (Wildman–Crippen LogP) is 4.84. The summed E-state index contributed by atoms with van der Waals surface area (Å²) in [7, 11) is 1.49. The number of hydrogen-bond acceptors (Lipinski definition) is 5. The van der Waals surface area contributed by atoms with E-state index in [0.717, 1.165) is 16.7 Å². The van der Waals surface area contributed by atoms with Gasteiger partial charge < -0.3 is 14.3 Å². The van der Waals surface area contributed by atoms with Crippen LogP contribution in [0.1, 0.15) is 34.1 Å². The number of ketones is 1. The van der Waals surface area contributed by atoms with Crippen molar-refractivity contribution in [3.05, 3.63) is 88.4 Å². The average Bonchev–Trinajstić information content (AvgIpc) is 3.37. The molecule has 1 aliphatic rings. The normalized spacial score (nSPS) is 17.9. The number of furan rings is 1. The van der Waals surface area contributed by atoms with E-state index >= 15 is 0 Å². The maximum Gasteiger partial charge on any atom is 0.300 e. The Labute approximate surface area is 180 Å². The van der Waals surface area contributed by atoms with Crippen molar-refractivity contribution in [3.63, 3.8) is 0 Å². The second-order valence-electron chi connectivity index (χ2n) is 7.61. The third kappa shape index (κ3) is 3.30. The lowest BCUT2D eigenvalue weighted by Crippen LogP contribution is -2.30. The molecule has 0 spiro atoms. The molecule has 1 amide bonds. The van der Waals surface area contributed by atoms with Gasteiger partial charge in [-0.2, -0.15) is 0 Å². The van der Waals surface area contributed by atoms with E-state index in [0.29, 0.717) is 22.8 Å². The van der Waals surface area contributed by atoms with Crippen molar-refractivity contribution in [1.82, 2.24) is 0 Å². The molecule has 0 saturated carbocycles. The third-order valence-corrected chi connectivity index (χ3v) is 5.70. The van der Waals surface area contributed by atoms with E-state index in [-0.39, 0.29) is 11.3 Å². The summed E-state index contributed by atoms with van der Waals surface area (Å²) in [4.78, 5) is 27.8. The molecule has 1 atom stereocenters. The Kier molecular flexibility index (Phi) is 5.15. The van der Waals surface area contributed by atoms with Gasteiger partial charge in [0, 0.05) is 5.69 Å². The molecule has 1 aliphatic heterocycles. The summed E-state index contributed by atoms with van der Waals surface area (Å²) < 4.78 is 11.0. The molecule has 1 saturated heterocycles. The summed E-state index contributed by atoms with van der Waals surface area (Å²) >= 11 is 0. The summed E-state index contributed by atoms with van der Waals surface area (Å²) in [6.07, 6.45) is 1.48. The molecule has 0 radical (unpaired) electrons. The smallest absolute Gasteiger partial charge is 0.300 e. The van der Waals surface area contributed by atoms with E-state index in [1.165, 1.54) is 18.3 Å². The van der Waals surface area contributed by atoms with Gasteiger partial charge in [0.15, 0.2) is 0 Å². The fourth-order valence-electron chi connectivity index (χ4n) is 3.95. The minimum atomic E-state index is -0.902. The summed E-state index contributed by atoms with van der Waals surface area (Å²) in [6.45, 7) is 5.70. The SMILES string of the molecule is COc1ccc(C)cc1/C(O)=C1/C(=O)C(=O)N(c2cccc(C)c2C)C1c1ccco1. The number of aryl methyl sites for hydroxylation is 2. The molecule has 1 aromatic heterocycles. The van der Waals surface area contributed by atoms with Crippen molar-refractivity contribution in [3.8, 4) is 5.75 Å². The fourth-order valence-corrected chi connectivity index (χ4v) is 3.95. The second kappa shape index (κ2) is 7.80. The van der Waals surface area contributed by atoms with Crippen LogP contribution in [0.3, 0.4) is 0 Å². The van der Waals surface area contributed by atoms with E-state index < -0.39 is 17.7 Å². The first-order valence-electron chi connectivity index (χ1n) is 9.90. The Balaban J connectivity index is 1.99. The van der Waals surface area contributed by atoms with Crippen molar-refractivity contribution in [2.24, 2.45) is 0 Å². The molecule has 6 nitrogen and oxygen atoms in total. The molecule has 6 heteroatoms. The Morgan fingerprint density at radius 1 is 1.06 bits per heavy atom. The largest absolute Gasteiger partial charge is 0.507 e. The molecular weight excluding hydrogens is 394 g/mol. The Bertz CT molecular complexity index is 1210. The Morgan fingerprint density at radius 3 is 2.52 bits per heavy atom. The first-order valence-corrected chi connectivity index (χ1v) is 9.90. The second-order valence-corrected chi connectivity index (χ2v) is 7.61. The molecule has 1 fully saturated rings. The van der Waals surface area contributed by atoms with Gasteiger partial charge in [-0.1, -0.05) is 23.8 Å². The zero-order chi connectivity index (χ0) is 22.3. The van der Waals surface area contributed by atoms with Crippen LogP contribution in [-0.2, 0) is 9.59 Å². The molecule has 1 N–H and O–H groups in total. The number of anilines is 1. The van der Waals surface area contributed by atoms with Crippen LogP contribution in [0.4, 0.5) is 5.69 Å². The summed E-state index contributed by atoms with van der Waals surface area (Å²) in [5.74, 6) is -1.01. The number of carbonyl (C=O) groups excluding carboxylic acids is 2. The van der Waals surface area contributed by atoms with Crippen LogP contribution in [-0.4, -0.2) is 23.9 Å². The molecule has 0 aliphatic carbocycles. The fraction of sp³-hybridized carbons (Fsp3) is 0.200. The van der Waals surface area contributed by atoms with Crippen LogP contribution in [0, 0.1) is 20.8 Å². The monoisotopic (exact) mass is 417 g/mol. The minimum absolute atomic E-state index is 0.0373. The van der Waals surface area contributed by atoms with Crippen molar-refractivity contribution in [2.75, 3.05) is 12.0 Å². The standard InChI is InChI=1S/C25H23NO5/c1-14-10-11-19(30-4)17(13-14)23(27)21-22(20-9-6-12-31-20)26(25(29)24(21)28)18-8-5-7-15(2)16(18)3/h5-13,22,27H,1-4H3/b23-21-. The Morgan fingerprint density at radius 2 is 1.84 bits per heavy atom. The zero-order valence-electron chi connectivity index (χ0n) is 17.8. The van der Waals surface area contributed by atoms with E-state index in [9.17, 15) is 14.7 Å². The van der Waals surface area contributed by atoms with Crippen molar-refractivity contribution >= 4 is 23.1 Å². The molecule has 0 bridgehead atoms. The van der Waals surface area contributed by atoms with E-state index in [1.807, 2.05) is 39.0 Å². The number of ether oxygens (including phenoxy) is 1. The molecule has 1 unspecified atom stereocenters. The van der Waals surface area contributed by atoms with Crippen LogP contribution < -0.4 is 9.64 Å². The van der Waals surface area contributed by atoms with E-state index in [1.54, 1.807) is 30.3 Å². The van der Waals surface area contributed by atoms with Crippen LogP contribution >= 0.6 is 0 Å².